The van der Waals surface area contributed by atoms with Crippen molar-refractivity contribution in [3.63, 3.8) is 0 Å². The van der Waals surface area contributed by atoms with E-state index in [9.17, 15) is 0 Å². The maximum atomic E-state index is 6.43. The van der Waals surface area contributed by atoms with E-state index in [-0.39, 0.29) is 12.1 Å². The first-order valence-electron chi connectivity index (χ1n) is 9.11. The summed E-state index contributed by atoms with van der Waals surface area (Å²) in [6.07, 6.45) is 1.81. The Hall–Kier alpha value is -1.84. The summed E-state index contributed by atoms with van der Waals surface area (Å²) in [5.74, 6) is 0.634. The first kappa shape index (κ1) is 20.4. The molecule has 2 N–H and O–H groups in total. The highest BCUT2D eigenvalue weighted by molar-refractivity contribution is 14.1. The van der Waals surface area contributed by atoms with Crippen LogP contribution in [0.1, 0.15) is 34.7 Å². The Bertz CT molecular complexity index is 1070. The number of thiocarbonyl (C=S) groups is 1. The van der Waals surface area contributed by atoms with Gasteiger partial charge >= 0.3 is 0 Å². The van der Waals surface area contributed by atoms with Crippen LogP contribution in [0.3, 0.4) is 0 Å². The number of aromatic nitrogens is 2. The monoisotopic (exact) mass is 538 g/mol. The molecular formula is C21H20ClIN4OS. The second-order valence-corrected chi connectivity index (χ2v) is 8.79. The van der Waals surface area contributed by atoms with E-state index < -0.39 is 0 Å². The zero-order valence-electron chi connectivity index (χ0n) is 16.2. The minimum atomic E-state index is -0.0907. The third-order valence-corrected chi connectivity index (χ3v) is 7.15. The van der Waals surface area contributed by atoms with Crippen LogP contribution in [0.5, 0.6) is 5.75 Å². The van der Waals surface area contributed by atoms with Gasteiger partial charge in [0.2, 0.25) is 0 Å². The second-order valence-electron chi connectivity index (χ2n) is 6.92. The van der Waals surface area contributed by atoms with Gasteiger partial charge in [0.25, 0.3) is 0 Å². The van der Waals surface area contributed by atoms with Crippen LogP contribution in [0.25, 0.3) is 0 Å². The van der Waals surface area contributed by atoms with Crippen molar-refractivity contribution < 1.29 is 4.74 Å². The van der Waals surface area contributed by atoms with Crippen molar-refractivity contribution in [2.45, 2.75) is 25.9 Å². The fourth-order valence-corrected chi connectivity index (χ4v) is 5.31. The highest BCUT2D eigenvalue weighted by Gasteiger charge is 2.43. The predicted molar refractivity (Wildman–Crippen MR) is 129 cm³/mol. The second kappa shape index (κ2) is 8.12. The molecule has 0 unspecified atom stereocenters. The number of pyridine rings is 1. The number of nitrogens with zero attached hydrogens (tertiary/aromatic N) is 2. The molecule has 150 valence electrons. The molecule has 0 radical (unpaired) electrons. The number of rotatable bonds is 4. The highest BCUT2D eigenvalue weighted by Crippen LogP contribution is 2.45. The number of H-pyrrole nitrogens is 1. The number of aryl methyl sites for hydroxylation is 2. The van der Waals surface area contributed by atoms with Crippen LogP contribution in [-0.4, -0.2) is 22.2 Å². The number of benzene rings is 1. The van der Waals surface area contributed by atoms with Crippen LogP contribution in [0.2, 0.25) is 5.02 Å². The third kappa shape index (κ3) is 3.60. The van der Waals surface area contributed by atoms with E-state index in [4.69, 9.17) is 28.6 Å². The Morgan fingerprint density at radius 3 is 2.59 bits per heavy atom. The Balaban J connectivity index is 1.89. The van der Waals surface area contributed by atoms with Crippen molar-refractivity contribution in [2.75, 3.05) is 12.0 Å². The number of aromatic amines is 1. The lowest BCUT2D eigenvalue weighted by Crippen LogP contribution is -2.29. The summed E-state index contributed by atoms with van der Waals surface area (Å²) in [6.45, 7) is 4.18. The summed E-state index contributed by atoms with van der Waals surface area (Å²) < 4.78 is 6.51. The van der Waals surface area contributed by atoms with Crippen LogP contribution < -0.4 is 15.0 Å². The van der Waals surface area contributed by atoms with Gasteiger partial charge in [-0.05, 0) is 79.0 Å². The summed E-state index contributed by atoms with van der Waals surface area (Å²) in [7, 11) is 1.61. The van der Waals surface area contributed by atoms with Crippen molar-refractivity contribution in [1.29, 1.82) is 0 Å². The molecule has 0 saturated carbocycles. The van der Waals surface area contributed by atoms with Crippen molar-refractivity contribution in [1.82, 2.24) is 15.3 Å². The van der Waals surface area contributed by atoms with Gasteiger partial charge in [0, 0.05) is 32.4 Å². The number of hydrogen-bond donors (Lipinski definition) is 2. The molecule has 2 aromatic heterocycles. The fourth-order valence-electron chi connectivity index (χ4n) is 3.85. The Labute approximate surface area is 194 Å². The molecule has 2 atom stereocenters. The minimum absolute atomic E-state index is 0.0706. The quantitative estimate of drug-likeness (QED) is 0.341. The Morgan fingerprint density at radius 1 is 1.21 bits per heavy atom. The average Bonchev–Trinajstić information content (AvgIpc) is 3.17. The van der Waals surface area contributed by atoms with Crippen LogP contribution >= 0.6 is 46.4 Å². The van der Waals surface area contributed by atoms with E-state index in [1.807, 2.05) is 42.6 Å². The molecule has 29 heavy (non-hydrogen) atoms. The molecule has 1 aliphatic heterocycles. The zero-order chi connectivity index (χ0) is 20.7. The lowest BCUT2D eigenvalue weighted by atomic mass is 9.96. The van der Waals surface area contributed by atoms with Crippen LogP contribution in [-0.2, 0) is 0 Å². The van der Waals surface area contributed by atoms with Crippen molar-refractivity contribution >= 4 is 57.2 Å². The van der Waals surface area contributed by atoms with Crippen molar-refractivity contribution in [3.8, 4) is 5.75 Å². The van der Waals surface area contributed by atoms with Crippen LogP contribution in [0.4, 0.5) is 5.69 Å². The molecule has 0 aliphatic carbocycles. The molecule has 1 fully saturated rings. The predicted octanol–water partition coefficient (Wildman–Crippen LogP) is 5.47. The van der Waals surface area contributed by atoms with Gasteiger partial charge in [-0.25, -0.2) is 0 Å². The topological polar surface area (TPSA) is 53.2 Å². The molecule has 5 nitrogen and oxygen atoms in total. The molecular weight excluding hydrogens is 519 g/mol. The zero-order valence-corrected chi connectivity index (χ0v) is 19.9. The Morgan fingerprint density at radius 2 is 2.00 bits per heavy atom. The molecule has 0 amide bonds. The first-order valence-corrected chi connectivity index (χ1v) is 11.0. The van der Waals surface area contributed by atoms with Crippen LogP contribution in [0.15, 0.2) is 42.6 Å². The SMILES string of the molecule is COc1ccc(N2C(=S)N[C@H](c3ccccn3)[C@H]2c2c(C)[nH]c(C)c2I)cc1Cl. The van der Waals surface area contributed by atoms with Gasteiger partial charge in [0.1, 0.15) is 5.75 Å². The van der Waals surface area contributed by atoms with Gasteiger partial charge in [-0.3, -0.25) is 4.98 Å². The Kier molecular flexibility index (Phi) is 5.72. The largest absolute Gasteiger partial charge is 0.495 e. The maximum absolute atomic E-state index is 6.43. The van der Waals surface area contributed by atoms with Crippen molar-refractivity contribution in [3.05, 3.63) is 73.8 Å². The number of hydrogen-bond acceptors (Lipinski definition) is 3. The van der Waals surface area contributed by atoms with Crippen LogP contribution in [0, 0.1) is 17.4 Å². The molecule has 4 rings (SSSR count). The number of halogens is 2. The van der Waals surface area contributed by atoms with E-state index in [1.54, 1.807) is 7.11 Å². The lowest BCUT2D eigenvalue weighted by molar-refractivity contribution is 0.415. The molecule has 1 aliphatic rings. The first-order chi connectivity index (χ1) is 13.9. The number of ether oxygens (including phenoxy) is 1. The molecule has 3 aromatic rings. The van der Waals surface area contributed by atoms with E-state index >= 15 is 0 Å². The van der Waals surface area contributed by atoms with Gasteiger partial charge in [0.15, 0.2) is 5.11 Å². The summed E-state index contributed by atoms with van der Waals surface area (Å²) >= 11 is 14.6. The van der Waals surface area contributed by atoms with E-state index in [0.29, 0.717) is 15.9 Å². The number of nitrogens with one attached hydrogen (secondary N) is 2. The molecule has 8 heteroatoms. The van der Waals surface area contributed by atoms with Gasteiger partial charge in [-0.2, -0.15) is 0 Å². The fraction of sp³-hybridized carbons (Fsp3) is 0.238. The van der Waals surface area contributed by atoms with Gasteiger partial charge < -0.3 is 19.9 Å². The van der Waals surface area contributed by atoms with E-state index in [1.165, 1.54) is 9.13 Å². The molecule has 3 heterocycles. The average molecular weight is 539 g/mol. The maximum Gasteiger partial charge on any atom is 0.174 e. The van der Waals surface area contributed by atoms with Gasteiger partial charge in [-0.15, -0.1) is 0 Å². The van der Waals surface area contributed by atoms with Gasteiger partial charge in [-0.1, -0.05) is 17.7 Å². The smallest absolute Gasteiger partial charge is 0.174 e. The molecule has 0 bridgehead atoms. The van der Waals surface area contributed by atoms with Gasteiger partial charge in [0.05, 0.1) is 29.9 Å². The third-order valence-electron chi connectivity index (χ3n) is 5.15. The minimum Gasteiger partial charge on any atom is -0.495 e. The standard InChI is InChI=1S/C21H20ClIN4OS/c1-11-17(18(23)12(2)25-11)20-19(15-6-4-5-9-24-15)26-21(29)27(20)13-7-8-16(28-3)14(22)10-13/h4-10,19-20,25H,1-3H3,(H,26,29)/t19-,20-/m1/s1. The molecule has 1 saturated heterocycles. The number of anilines is 1. The molecule has 0 spiro atoms. The highest BCUT2D eigenvalue weighted by atomic mass is 127. The van der Waals surface area contributed by atoms with E-state index in [2.05, 4.69) is 56.6 Å². The summed E-state index contributed by atoms with van der Waals surface area (Å²) in [5, 5.41) is 4.67. The van der Waals surface area contributed by atoms with Crippen molar-refractivity contribution in [2.24, 2.45) is 0 Å². The summed E-state index contributed by atoms with van der Waals surface area (Å²) in [6, 6.07) is 11.5. The lowest BCUT2D eigenvalue weighted by Gasteiger charge is -2.28. The summed E-state index contributed by atoms with van der Waals surface area (Å²) in [5.41, 5.74) is 5.32. The molecule has 1 aromatic carbocycles. The van der Waals surface area contributed by atoms with E-state index in [0.717, 1.165) is 22.8 Å². The normalized spacial score (nSPS) is 18.8. The summed E-state index contributed by atoms with van der Waals surface area (Å²) in [4.78, 5) is 10.2. The number of methoxy groups -OCH3 is 1.